The van der Waals surface area contributed by atoms with Crippen molar-refractivity contribution in [3.8, 4) is 0 Å². The van der Waals surface area contributed by atoms with Crippen molar-refractivity contribution in [2.24, 2.45) is 0 Å². The van der Waals surface area contributed by atoms with E-state index in [9.17, 15) is 19.2 Å². The molecular weight excluding hydrogens is 178 g/mol. The summed E-state index contributed by atoms with van der Waals surface area (Å²) in [6.45, 7) is 1.50. The molecule has 1 aromatic rings. The Morgan fingerprint density at radius 2 is 1.69 bits per heavy atom. The predicted octanol–water partition coefficient (Wildman–Crippen LogP) is -1.72. The summed E-state index contributed by atoms with van der Waals surface area (Å²) in [7, 11) is 0. The third-order valence-electron chi connectivity index (χ3n) is 1.40. The molecule has 0 radical (unpaired) electrons. The van der Waals surface area contributed by atoms with Gasteiger partial charge in [-0.15, -0.1) is 0 Å². The highest BCUT2D eigenvalue weighted by atomic mass is 16.2. The normalized spacial score (nSPS) is 9.92. The maximum absolute atomic E-state index is 11.0. The van der Waals surface area contributed by atoms with Crippen LogP contribution in [0, 0.1) is 0 Å². The van der Waals surface area contributed by atoms with Gasteiger partial charge in [-0.2, -0.15) is 4.57 Å². The Bertz CT molecular complexity index is 457. The Hall–Kier alpha value is -1.92. The molecule has 0 bridgehead atoms. The minimum Gasteiger partial charge on any atom is -0.274 e. The lowest BCUT2D eigenvalue weighted by molar-refractivity contribution is 0.0896. The summed E-state index contributed by atoms with van der Waals surface area (Å²) in [5.41, 5.74) is -2.95. The van der Waals surface area contributed by atoms with Crippen molar-refractivity contribution in [1.29, 1.82) is 0 Å². The van der Waals surface area contributed by atoms with Gasteiger partial charge in [-0.3, -0.25) is 14.8 Å². The fraction of sp³-hybridized carbons (Fsp3) is 0.333. The van der Waals surface area contributed by atoms with Gasteiger partial charge in [0.15, 0.2) is 0 Å². The van der Waals surface area contributed by atoms with Crippen molar-refractivity contribution in [3.05, 3.63) is 31.5 Å². The van der Waals surface area contributed by atoms with Gasteiger partial charge in [0, 0.05) is 6.42 Å². The van der Waals surface area contributed by atoms with E-state index in [0.29, 0.717) is 4.57 Å². The Kier molecular flexibility index (Phi) is 2.27. The number of rotatable bonds is 1. The molecule has 0 unspecified atom stereocenters. The van der Waals surface area contributed by atoms with Crippen molar-refractivity contribution < 1.29 is 4.79 Å². The van der Waals surface area contributed by atoms with Crippen LogP contribution in [0.3, 0.4) is 0 Å². The first-order valence-corrected chi connectivity index (χ1v) is 3.55. The number of aromatic nitrogens is 3. The van der Waals surface area contributed by atoms with Crippen LogP contribution in [0.5, 0.6) is 0 Å². The standard InChI is InChI=1S/C6H7N3O4/c1-2-3(10)9-5(12)7-4(11)8-6(9)13/h2H2,1H3,(H2,7,8,11,12,13). The van der Waals surface area contributed by atoms with Crippen molar-refractivity contribution in [1.82, 2.24) is 14.5 Å². The van der Waals surface area contributed by atoms with E-state index in [1.54, 1.807) is 9.97 Å². The van der Waals surface area contributed by atoms with Crippen molar-refractivity contribution in [3.63, 3.8) is 0 Å². The van der Waals surface area contributed by atoms with E-state index in [1.165, 1.54) is 6.92 Å². The molecule has 0 spiro atoms. The molecule has 0 aliphatic heterocycles. The molecule has 1 rings (SSSR count). The second kappa shape index (κ2) is 3.21. The van der Waals surface area contributed by atoms with Gasteiger partial charge < -0.3 is 0 Å². The van der Waals surface area contributed by atoms with Gasteiger partial charge in [-0.25, -0.2) is 14.4 Å². The van der Waals surface area contributed by atoms with Crippen LogP contribution >= 0.6 is 0 Å². The molecule has 0 saturated carbocycles. The molecule has 0 fully saturated rings. The van der Waals surface area contributed by atoms with E-state index in [0.717, 1.165) is 0 Å². The van der Waals surface area contributed by atoms with E-state index in [-0.39, 0.29) is 6.42 Å². The zero-order chi connectivity index (χ0) is 10.0. The molecule has 0 aliphatic carbocycles. The lowest BCUT2D eigenvalue weighted by Crippen LogP contribution is -2.46. The largest absolute Gasteiger partial charge is 0.340 e. The summed E-state index contributed by atoms with van der Waals surface area (Å²) in [5.74, 6) is -0.664. The Labute approximate surface area is 71.0 Å². The number of hydrogen-bond acceptors (Lipinski definition) is 4. The van der Waals surface area contributed by atoms with Gasteiger partial charge in [-0.05, 0) is 0 Å². The van der Waals surface area contributed by atoms with Crippen molar-refractivity contribution >= 4 is 5.91 Å². The van der Waals surface area contributed by atoms with E-state index >= 15 is 0 Å². The fourth-order valence-electron chi connectivity index (χ4n) is 0.814. The van der Waals surface area contributed by atoms with Crippen molar-refractivity contribution in [2.45, 2.75) is 13.3 Å². The molecule has 7 heteroatoms. The lowest BCUT2D eigenvalue weighted by atomic mass is 10.4. The molecular formula is C6H7N3O4. The molecule has 1 aromatic heterocycles. The number of aromatic amines is 2. The summed E-state index contributed by atoms with van der Waals surface area (Å²) < 4.78 is 0.349. The summed E-state index contributed by atoms with van der Waals surface area (Å²) in [5, 5.41) is 0. The lowest BCUT2D eigenvalue weighted by Gasteiger charge is -1.96. The second-order valence-corrected chi connectivity index (χ2v) is 2.27. The molecule has 7 nitrogen and oxygen atoms in total. The van der Waals surface area contributed by atoms with Crippen LogP contribution in [0.4, 0.5) is 0 Å². The van der Waals surface area contributed by atoms with Crippen LogP contribution in [0.1, 0.15) is 18.1 Å². The van der Waals surface area contributed by atoms with E-state index < -0.39 is 23.0 Å². The first-order chi connectivity index (χ1) is 6.06. The smallest absolute Gasteiger partial charge is 0.274 e. The molecule has 2 N–H and O–H groups in total. The number of carbonyl (C=O) groups is 1. The quantitative estimate of drug-likeness (QED) is 0.542. The average Bonchev–Trinajstić information content (AvgIpc) is 2.02. The number of nitrogens with one attached hydrogen (secondary N) is 2. The summed E-state index contributed by atoms with van der Waals surface area (Å²) in [4.78, 5) is 46.9. The van der Waals surface area contributed by atoms with E-state index in [2.05, 4.69) is 0 Å². The third kappa shape index (κ3) is 1.63. The van der Waals surface area contributed by atoms with Gasteiger partial charge in [0.05, 0.1) is 0 Å². The molecule has 13 heavy (non-hydrogen) atoms. The summed E-state index contributed by atoms with van der Waals surface area (Å²) in [6.07, 6.45) is 0.00896. The van der Waals surface area contributed by atoms with Gasteiger partial charge in [0.25, 0.3) is 0 Å². The highest BCUT2D eigenvalue weighted by molar-refractivity contribution is 5.77. The fourth-order valence-corrected chi connectivity index (χ4v) is 0.814. The SMILES string of the molecule is CCC(=O)n1c(=O)[nH]c(=O)[nH]c1=O. The predicted molar refractivity (Wildman–Crippen MR) is 42.9 cm³/mol. The molecule has 0 saturated heterocycles. The number of nitrogens with zero attached hydrogens (tertiary/aromatic N) is 1. The molecule has 0 aromatic carbocycles. The maximum Gasteiger partial charge on any atom is 0.340 e. The molecule has 0 atom stereocenters. The highest BCUT2D eigenvalue weighted by Crippen LogP contribution is 1.77. The summed E-state index contributed by atoms with van der Waals surface area (Å²) >= 11 is 0. The van der Waals surface area contributed by atoms with Crippen LogP contribution in [-0.4, -0.2) is 20.4 Å². The molecule has 0 aliphatic rings. The van der Waals surface area contributed by atoms with E-state index in [4.69, 9.17) is 0 Å². The van der Waals surface area contributed by atoms with Crippen molar-refractivity contribution in [2.75, 3.05) is 0 Å². The zero-order valence-corrected chi connectivity index (χ0v) is 6.79. The van der Waals surface area contributed by atoms with E-state index in [1.807, 2.05) is 0 Å². The Morgan fingerprint density at radius 1 is 1.23 bits per heavy atom. The van der Waals surface area contributed by atoms with Gasteiger partial charge in [0.1, 0.15) is 0 Å². The van der Waals surface area contributed by atoms with Crippen LogP contribution in [0.2, 0.25) is 0 Å². The minimum absolute atomic E-state index is 0.00896. The molecule has 1 heterocycles. The van der Waals surface area contributed by atoms with Gasteiger partial charge in [0.2, 0.25) is 5.91 Å². The maximum atomic E-state index is 11.0. The minimum atomic E-state index is -1.01. The zero-order valence-electron chi connectivity index (χ0n) is 6.79. The number of hydrogen-bond donors (Lipinski definition) is 2. The average molecular weight is 185 g/mol. The van der Waals surface area contributed by atoms with Gasteiger partial charge >= 0.3 is 17.1 Å². The second-order valence-electron chi connectivity index (χ2n) is 2.27. The van der Waals surface area contributed by atoms with Crippen LogP contribution in [0.15, 0.2) is 14.4 Å². The first kappa shape index (κ1) is 9.17. The Balaban J connectivity index is 3.57. The monoisotopic (exact) mass is 185 g/mol. The third-order valence-corrected chi connectivity index (χ3v) is 1.40. The van der Waals surface area contributed by atoms with Crippen LogP contribution in [0.25, 0.3) is 0 Å². The molecule has 0 amide bonds. The van der Waals surface area contributed by atoms with Crippen LogP contribution in [-0.2, 0) is 0 Å². The topological polar surface area (TPSA) is 105 Å². The summed E-state index contributed by atoms with van der Waals surface area (Å²) in [6, 6.07) is 0. The van der Waals surface area contributed by atoms with Crippen LogP contribution < -0.4 is 17.1 Å². The van der Waals surface area contributed by atoms with Gasteiger partial charge in [-0.1, -0.05) is 6.92 Å². The number of carbonyl (C=O) groups excluding carboxylic acids is 1. The highest BCUT2D eigenvalue weighted by Gasteiger charge is 2.08. The molecule has 70 valence electrons. The number of H-pyrrole nitrogens is 2. The Morgan fingerprint density at radius 3 is 2.08 bits per heavy atom. The first-order valence-electron chi connectivity index (χ1n) is 3.55.